The lowest BCUT2D eigenvalue weighted by atomic mass is 10.2. The molecule has 0 amide bonds. The average Bonchev–Trinajstić information content (AvgIpc) is 2.29. The average molecular weight is 239 g/mol. The van der Waals surface area contributed by atoms with Crippen LogP contribution in [0.3, 0.4) is 0 Å². The van der Waals surface area contributed by atoms with Gasteiger partial charge in [0, 0.05) is 25.4 Å². The zero-order valence-electron chi connectivity index (χ0n) is 10.0. The molecule has 17 heavy (non-hydrogen) atoms. The van der Waals surface area contributed by atoms with E-state index < -0.39 is 4.92 Å². The fourth-order valence-electron chi connectivity index (χ4n) is 1.66. The van der Waals surface area contributed by atoms with E-state index in [-0.39, 0.29) is 18.3 Å². The molecule has 1 heterocycles. The lowest BCUT2D eigenvalue weighted by Gasteiger charge is -2.28. The predicted molar refractivity (Wildman–Crippen MR) is 65.1 cm³/mol. The summed E-state index contributed by atoms with van der Waals surface area (Å²) in [4.78, 5) is 16.1. The maximum absolute atomic E-state index is 10.9. The fraction of sp³-hybridized carbons (Fsp3) is 0.545. The minimum Gasteiger partial charge on any atom is -0.396 e. The molecule has 94 valence electrons. The number of hydrogen-bond acceptors (Lipinski definition) is 5. The van der Waals surface area contributed by atoms with Crippen LogP contribution in [-0.4, -0.2) is 34.2 Å². The molecule has 0 saturated heterocycles. The standard InChI is InChI=1S/C11H17N3O3/c1-9(2)13(6-3-7-15)10-4-5-12-8-11(10)14(16)17/h4-5,8-9,15H,3,6-7H2,1-2H3. The molecule has 6 heteroatoms. The first kappa shape index (κ1) is 13.4. The zero-order valence-corrected chi connectivity index (χ0v) is 10.0. The summed E-state index contributed by atoms with van der Waals surface area (Å²) < 4.78 is 0. The first-order chi connectivity index (χ1) is 8.07. The van der Waals surface area contributed by atoms with E-state index in [4.69, 9.17) is 5.11 Å². The van der Waals surface area contributed by atoms with Gasteiger partial charge in [-0.25, -0.2) is 0 Å². The highest BCUT2D eigenvalue weighted by molar-refractivity contribution is 5.62. The van der Waals surface area contributed by atoms with E-state index in [1.54, 1.807) is 6.07 Å². The number of hydrogen-bond donors (Lipinski definition) is 1. The van der Waals surface area contributed by atoms with E-state index in [9.17, 15) is 10.1 Å². The van der Waals surface area contributed by atoms with Gasteiger partial charge in [0.15, 0.2) is 0 Å². The monoisotopic (exact) mass is 239 g/mol. The summed E-state index contributed by atoms with van der Waals surface area (Å²) in [6.07, 6.45) is 3.37. The summed E-state index contributed by atoms with van der Waals surface area (Å²) in [7, 11) is 0. The molecule has 0 aromatic carbocycles. The molecule has 0 fully saturated rings. The molecular formula is C11H17N3O3. The van der Waals surface area contributed by atoms with Crippen molar-refractivity contribution in [1.82, 2.24) is 4.98 Å². The molecule has 6 nitrogen and oxygen atoms in total. The molecule has 0 aliphatic carbocycles. The second-order valence-corrected chi connectivity index (χ2v) is 3.99. The van der Waals surface area contributed by atoms with Crippen molar-refractivity contribution in [1.29, 1.82) is 0 Å². The number of anilines is 1. The summed E-state index contributed by atoms with van der Waals surface area (Å²) >= 11 is 0. The van der Waals surface area contributed by atoms with Gasteiger partial charge in [-0.05, 0) is 26.3 Å². The number of nitrogens with zero attached hydrogens (tertiary/aromatic N) is 3. The molecule has 0 saturated carbocycles. The Morgan fingerprint density at radius 2 is 2.29 bits per heavy atom. The van der Waals surface area contributed by atoms with E-state index in [1.165, 1.54) is 12.4 Å². The Morgan fingerprint density at radius 1 is 1.59 bits per heavy atom. The molecule has 1 N–H and O–H groups in total. The molecule has 0 bridgehead atoms. The van der Waals surface area contributed by atoms with Crippen LogP contribution >= 0.6 is 0 Å². The summed E-state index contributed by atoms with van der Waals surface area (Å²) in [5, 5.41) is 19.8. The minimum atomic E-state index is -0.434. The van der Waals surface area contributed by atoms with Crippen LogP contribution in [0.25, 0.3) is 0 Å². The SMILES string of the molecule is CC(C)N(CCCO)c1ccncc1[N+](=O)[O-]. The van der Waals surface area contributed by atoms with Gasteiger partial charge in [-0.15, -0.1) is 0 Å². The second-order valence-electron chi connectivity index (χ2n) is 3.99. The molecule has 1 aromatic heterocycles. The van der Waals surface area contributed by atoms with Gasteiger partial charge in [0.2, 0.25) is 0 Å². The van der Waals surface area contributed by atoms with Gasteiger partial charge in [-0.2, -0.15) is 0 Å². The van der Waals surface area contributed by atoms with Crippen LogP contribution in [0.15, 0.2) is 18.5 Å². The lowest BCUT2D eigenvalue weighted by molar-refractivity contribution is -0.384. The van der Waals surface area contributed by atoms with Gasteiger partial charge in [0.25, 0.3) is 0 Å². The Morgan fingerprint density at radius 3 is 2.82 bits per heavy atom. The third-order valence-electron chi connectivity index (χ3n) is 2.46. The first-order valence-corrected chi connectivity index (χ1v) is 5.53. The van der Waals surface area contributed by atoms with Crippen LogP contribution in [0.1, 0.15) is 20.3 Å². The summed E-state index contributed by atoms with van der Waals surface area (Å²) in [6.45, 7) is 4.57. The smallest absolute Gasteiger partial charge is 0.310 e. The van der Waals surface area contributed by atoms with Gasteiger partial charge in [0.05, 0.1) is 4.92 Å². The third kappa shape index (κ3) is 3.39. The molecule has 0 atom stereocenters. The molecule has 0 aliphatic rings. The summed E-state index contributed by atoms with van der Waals surface area (Å²) in [5.41, 5.74) is 0.549. The van der Waals surface area contributed by atoms with Crippen molar-refractivity contribution in [3.05, 3.63) is 28.6 Å². The van der Waals surface area contributed by atoms with Crippen molar-refractivity contribution in [2.75, 3.05) is 18.1 Å². The highest BCUT2D eigenvalue weighted by Crippen LogP contribution is 2.28. The topological polar surface area (TPSA) is 79.5 Å². The molecule has 0 radical (unpaired) electrons. The Hall–Kier alpha value is -1.69. The predicted octanol–water partition coefficient (Wildman–Crippen LogP) is 1.59. The lowest BCUT2D eigenvalue weighted by Crippen LogP contribution is -2.32. The molecular weight excluding hydrogens is 222 g/mol. The van der Waals surface area contributed by atoms with Gasteiger partial charge in [-0.3, -0.25) is 15.1 Å². The van der Waals surface area contributed by atoms with Crippen LogP contribution in [0.5, 0.6) is 0 Å². The van der Waals surface area contributed by atoms with Gasteiger partial charge in [-0.1, -0.05) is 0 Å². The number of nitro groups is 1. The Balaban J connectivity index is 3.04. The normalized spacial score (nSPS) is 10.6. The van der Waals surface area contributed by atoms with Crippen molar-refractivity contribution >= 4 is 11.4 Å². The van der Waals surface area contributed by atoms with E-state index in [0.717, 1.165) is 0 Å². The maximum Gasteiger partial charge on any atom is 0.310 e. The summed E-state index contributed by atoms with van der Waals surface area (Å²) in [5.74, 6) is 0. The molecule has 0 spiro atoms. The van der Waals surface area contributed by atoms with Crippen LogP contribution in [0.4, 0.5) is 11.4 Å². The number of aliphatic hydroxyl groups is 1. The van der Waals surface area contributed by atoms with Gasteiger partial charge < -0.3 is 10.0 Å². The van der Waals surface area contributed by atoms with Crippen LogP contribution in [0, 0.1) is 10.1 Å². The van der Waals surface area contributed by atoms with E-state index in [1.807, 2.05) is 18.7 Å². The van der Waals surface area contributed by atoms with Gasteiger partial charge in [0.1, 0.15) is 11.9 Å². The van der Waals surface area contributed by atoms with Crippen molar-refractivity contribution < 1.29 is 10.0 Å². The van der Waals surface area contributed by atoms with Crippen LogP contribution in [-0.2, 0) is 0 Å². The fourth-order valence-corrected chi connectivity index (χ4v) is 1.66. The molecule has 0 unspecified atom stereocenters. The molecule has 1 aromatic rings. The molecule has 0 aliphatic heterocycles. The Bertz CT molecular complexity index is 382. The largest absolute Gasteiger partial charge is 0.396 e. The summed E-state index contributed by atoms with van der Waals surface area (Å²) in [6, 6.07) is 1.76. The molecule has 1 rings (SSSR count). The van der Waals surface area contributed by atoms with Gasteiger partial charge >= 0.3 is 5.69 Å². The van der Waals surface area contributed by atoms with E-state index in [2.05, 4.69) is 4.98 Å². The quantitative estimate of drug-likeness (QED) is 0.602. The van der Waals surface area contributed by atoms with Crippen molar-refractivity contribution in [2.24, 2.45) is 0 Å². The van der Waals surface area contributed by atoms with Crippen molar-refractivity contribution in [3.63, 3.8) is 0 Å². The number of rotatable bonds is 6. The highest BCUT2D eigenvalue weighted by atomic mass is 16.6. The van der Waals surface area contributed by atoms with Crippen LogP contribution < -0.4 is 4.90 Å². The third-order valence-corrected chi connectivity index (χ3v) is 2.46. The number of aromatic nitrogens is 1. The highest BCUT2D eigenvalue weighted by Gasteiger charge is 2.20. The van der Waals surface area contributed by atoms with Crippen molar-refractivity contribution in [3.8, 4) is 0 Å². The van der Waals surface area contributed by atoms with E-state index in [0.29, 0.717) is 18.7 Å². The number of aliphatic hydroxyl groups excluding tert-OH is 1. The Kier molecular flexibility index (Phi) is 4.84. The maximum atomic E-state index is 10.9. The Labute approximate surface area is 100 Å². The first-order valence-electron chi connectivity index (χ1n) is 5.53. The zero-order chi connectivity index (χ0) is 12.8. The second kappa shape index (κ2) is 6.15. The van der Waals surface area contributed by atoms with Crippen molar-refractivity contribution in [2.45, 2.75) is 26.3 Å². The minimum absolute atomic E-state index is 0.000796. The van der Waals surface area contributed by atoms with Crippen LogP contribution in [0.2, 0.25) is 0 Å². The number of pyridine rings is 1. The van der Waals surface area contributed by atoms with E-state index >= 15 is 0 Å².